The number of methoxy groups -OCH3 is 1. The second kappa shape index (κ2) is 10.9. The highest BCUT2D eigenvalue weighted by molar-refractivity contribution is 8.26. The maximum Gasteiger partial charge on any atom is 0.266 e. The summed E-state index contributed by atoms with van der Waals surface area (Å²) in [5.74, 6) is 0.599. The highest BCUT2D eigenvalue weighted by Gasteiger charge is 2.31. The predicted octanol–water partition coefficient (Wildman–Crippen LogP) is 3.08. The van der Waals surface area contributed by atoms with Crippen molar-refractivity contribution < 1.29 is 14.3 Å². The molecule has 7 nitrogen and oxygen atoms in total. The van der Waals surface area contributed by atoms with Crippen LogP contribution in [0.15, 0.2) is 47.9 Å². The predicted molar refractivity (Wildman–Crippen MR) is 122 cm³/mol. The number of aromatic nitrogens is 2. The van der Waals surface area contributed by atoms with E-state index in [-0.39, 0.29) is 11.8 Å². The number of imidazole rings is 1. The van der Waals surface area contributed by atoms with E-state index in [1.165, 1.54) is 11.8 Å². The molecule has 30 heavy (non-hydrogen) atoms. The number of carbonyl (C=O) groups is 2. The minimum Gasteiger partial charge on any atom is -0.497 e. The fourth-order valence-electron chi connectivity index (χ4n) is 2.97. The van der Waals surface area contributed by atoms with Crippen LogP contribution in [0, 0.1) is 0 Å². The molecule has 1 fully saturated rings. The minimum absolute atomic E-state index is 0.0157. The lowest BCUT2D eigenvalue weighted by molar-refractivity contribution is -0.124. The molecule has 3 rings (SSSR count). The molecule has 1 aliphatic rings. The number of hydrogen-bond acceptors (Lipinski definition) is 6. The van der Waals surface area contributed by atoms with E-state index in [1.54, 1.807) is 24.5 Å². The number of nitrogens with zero attached hydrogens (tertiary/aromatic N) is 3. The van der Waals surface area contributed by atoms with Crippen LogP contribution in [0.1, 0.15) is 24.8 Å². The van der Waals surface area contributed by atoms with Gasteiger partial charge in [0.25, 0.3) is 5.91 Å². The molecular weight excluding hydrogens is 420 g/mol. The molecule has 0 unspecified atom stereocenters. The van der Waals surface area contributed by atoms with Gasteiger partial charge in [0, 0.05) is 38.4 Å². The van der Waals surface area contributed by atoms with Gasteiger partial charge in [-0.1, -0.05) is 36.1 Å². The van der Waals surface area contributed by atoms with Crippen molar-refractivity contribution >= 4 is 46.2 Å². The van der Waals surface area contributed by atoms with Crippen molar-refractivity contribution in [1.29, 1.82) is 0 Å². The van der Waals surface area contributed by atoms with Crippen molar-refractivity contribution in [3.05, 3.63) is 53.5 Å². The summed E-state index contributed by atoms with van der Waals surface area (Å²) in [7, 11) is 1.61. The van der Waals surface area contributed by atoms with Gasteiger partial charge in [-0.3, -0.25) is 14.5 Å². The number of amides is 2. The standard InChI is InChI=1S/C21H24N4O3S2/c1-28-17-6-2-5-16(13-17)14-18-20(27)25(21(29)30-18)11-3-7-19(26)23-8-4-10-24-12-9-22-15-24/h2,5-6,9,12-15H,3-4,7-8,10-11H2,1H3,(H,23,26)/b18-14-. The lowest BCUT2D eigenvalue weighted by atomic mass is 10.2. The van der Waals surface area contributed by atoms with Crippen molar-refractivity contribution in [3.63, 3.8) is 0 Å². The Morgan fingerprint density at radius 3 is 2.97 bits per heavy atom. The van der Waals surface area contributed by atoms with Crippen LogP contribution in [0.5, 0.6) is 5.75 Å². The summed E-state index contributed by atoms with van der Waals surface area (Å²) in [5.41, 5.74) is 0.880. The molecule has 1 aliphatic heterocycles. The van der Waals surface area contributed by atoms with Crippen LogP contribution < -0.4 is 10.1 Å². The van der Waals surface area contributed by atoms with Gasteiger partial charge in [-0.05, 0) is 36.6 Å². The summed E-state index contributed by atoms with van der Waals surface area (Å²) in [5, 5.41) is 2.91. The van der Waals surface area contributed by atoms with E-state index >= 15 is 0 Å². The smallest absolute Gasteiger partial charge is 0.266 e. The van der Waals surface area contributed by atoms with E-state index in [2.05, 4.69) is 10.3 Å². The van der Waals surface area contributed by atoms with Gasteiger partial charge in [0.2, 0.25) is 5.91 Å². The van der Waals surface area contributed by atoms with Crippen molar-refractivity contribution in [3.8, 4) is 5.75 Å². The molecule has 0 aliphatic carbocycles. The van der Waals surface area contributed by atoms with E-state index in [1.807, 2.05) is 41.1 Å². The molecule has 1 saturated heterocycles. The van der Waals surface area contributed by atoms with Crippen LogP contribution in [0.2, 0.25) is 0 Å². The molecule has 2 heterocycles. The SMILES string of the molecule is COc1cccc(/C=C2\SC(=S)N(CCCC(=O)NCCCn3ccnc3)C2=O)c1. The Bertz CT molecular complexity index is 928. The Balaban J connectivity index is 1.41. The van der Waals surface area contributed by atoms with Crippen molar-refractivity contribution in [2.45, 2.75) is 25.8 Å². The number of thiocarbonyl (C=S) groups is 1. The van der Waals surface area contributed by atoms with Crippen LogP contribution in [-0.2, 0) is 16.1 Å². The summed E-state index contributed by atoms with van der Waals surface area (Å²) in [6, 6.07) is 7.50. The van der Waals surface area contributed by atoms with E-state index < -0.39 is 0 Å². The molecule has 0 spiro atoms. The Labute approximate surface area is 185 Å². The molecule has 158 valence electrons. The lowest BCUT2D eigenvalue weighted by Crippen LogP contribution is -2.31. The number of hydrogen-bond donors (Lipinski definition) is 1. The van der Waals surface area contributed by atoms with Crippen molar-refractivity contribution in [2.24, 2.45) is 0 Å². The summed E-state index contributed by atoms with van der Waals surface area (Å²) in [6.45, 7) is 1.86. The van der Waals surface area contributed by atoms with Crippen molar-refractivity contribution in [1.82, 2.24) is 19.8 Å². The minimum atomic E-state index is -0.117. The number of thioether (sulfide) groups is 1. The molecule has 1 aromatic heterocycles. The van der Waals surface area contributed by atoms with Gasteiger partial charge < -0.3 is 14.6 Å². The number of ether oxygens (including phenoxy) is 1. The third-order valence-electron chi connectivity index (χ3n) is 4.53. The molecule has 0 atom stereocenters. The van der Waals surface area contributed by atoms with Gasteiger partial charge in [-0.25, -0.2) is 4.98 Å². The van der Waals surface area contributed by atoms with Crippen LogP contribution in [0.3, 0.4) is 0 Å². The topological polar surface area (TPSA) is 76.5 Å². The molecule has 2 amide bonds. The second-order valence-corrected chi connectivity index (χ2v) is 8.39. The first-order valence-electron chi connectivity index (χ1n) is 9.68. The highest BCUT2D eigenvalue weighted by Crippen LogP contribution is 2.33. The summed E-state index contributed by atoms with van der Waals surface area (Å²) in [4.78, 5) is 30.8. The van der Waals surface area contributed by atoms with Gasteiger partial charge in [0.1, 0.15) is 10.1 Å². The Kier molecular flexibility index (Phi) is 8.04. The van der Waals surface area contributed by atoms with E-state index in [9.17, 15) is 9.59 Å². The molecule has 0 radical (unpaired) electrons. The average molecular weight is 445 g/mol. The fourth-order valence-corrected chi connectivity index (χ4v) is 4.28. The largest absolute Gasteiger partial charge is 0.497 e. The Hall–Kier alpha value is -2.65. The molecule has 2 aromatic rings. The summed E-state index contributed by atoms with van der Waals surface area (Å²) in [6.07, 6.45) is 8.96. The first kappa shape index (κ1) is 22.0. The number of rotatable bonds is 10. The number of nitrogens with one attached hydrogen (secondary N) is 1. The number of aryl methyl sites for hydroxylation is 1. The monoisotopic (exact) mass is 444 g/mol. The van der Waals surface area contributed by atoms with Crippen molar-refractivity contribution in [2.75, 3.05) is 20.2 Å². The van der Waals surface area contributed by atoms with Gasteiger partial charge in [-0.15, -0.1) is 0 Å². The summed E-state index contributed by atoms with van der Waals surface area (Å²) >= 11 is 6.64. The van der Waals surface area contributed by atoms with Gasteiger partial charge in [0.15, 0.2) is 0 Å². The van der Waals surface area contributed by atoms with Crippen LogP contribution >= 0.6 is 24.0 Å². The van der Waals surface area contributed by atoms with Gasteiger partial charge in [0.05, 0.1) is 18.3 Å². The maximum absolute atomic E-state index is 12.7. The zero-order valence-electron chi connectivity index (χ0n) is 16.7. The van der Waals surface area contributed by atoms with E-state index in [0.29, 0.717) is 35.2 Å². The van der Waals surface area contributed by atoms with Crippen LogP contribution in [-0.4, -0.2) is 50.8 Å². The normalized spacial score (nSPS) is 15.1. The fraction of sp³-hybridized carbons (Fsp3) is 0.333. The quantitative estimate of drug-likeness (QED) is 0.345. The highest BCUT2D eigenvalue weighted by atomic mass is 32.2. The molecule has 0 saturated carbocycles. The van der Waals surface area contributed by atoms with E-state index in [0.717, 1.165) is 24.3 Å². The first-order chi connectivity index (χ1) is 14.6. The Morgan fingerprint density at radius 1 is 1.33 bits per heavy atom. The van der Waals surface area contributed by atoms with Gasteiger partial charge >= 0.3 is 0 Å². The maximum atomic E-state index is 12.7. The molecule has 0 bridgehead atoms. The second-order valence-electron chi connectivity index (χ2n) is 6.72. The van der Waals surface area contributed by atoms with Gasteiger partial charge in [-0.2, -0.15) is 0 Å². The molecule has 1 aromatic carbocycles. The van der Waals surface area contributed by atoms with E-state index in [4.69, 9.17) is 17.0 Å². The third kappa shape index (κ3) is 6.17. The third-order valence-corrected chi connectivity index (χ3v) is 5.90. The lowest BCUT2D eigenvalue weighted by Gasteiger charge is -2.14. The molecule has 9 heteroatoms. The zero-order chi connectivity index (χ0) is 21.3. The molecule has 1 N–H and O–H groups in total. The summed E-state index contributed by atoms with van der Waals surface area (Å²) < 4.78 is 7.71. The number of benzene rings is 1. The van der Waals surface area contributed by atoms with Crippen LogP contribution in [0.25, 0.3) is 6.08 Å². The van der Waals surface area contributed by atoms with Crippen LogP contribution in [0.4, 0.5) is 0 Å². The average Bonchev–Trinajstić information content (AvgIpc) is 3.35. The first-order valence-corrected chi connectivity index (χ1v) is 10.9. The zero-order valence-corrected chi connectivity index (χ0v) is 18.4. The molecular formula is C21H24N4O3S2. The Morgan fingerprint density at radius 2 is 2.20 bits per heavy atom. The number of carbonyl (C=O) groups excluding carboxylic acids is 2.